The van der Waals surface area contributed by atoms with Crippen molar-refractivity contribution in [3.05, 3.63) is 334 Å². The number of fused-ring (bicyclic) bond motifs is 17. The quantitative estimate of drug-likeness (QED) is 0.134. The maximum Gasteiger partial charge on any atom is 0.256 e. The van der Waals surface area contributed by atoms with E-state index >= 15 is 0 Å². The van der Waals surface area contributed by atoms with Crippen LogP contribution in [-0.2, 0) is 0 Å². The Morgan fingerprint density at radius 2 is 0.713 bits per heavy atom. The Morgan fingerprint density at radius 3 is 1.38 bits per heavy atom. The molecule has 0 bridgehead atoms. The summed E-state index contributed by atoms with van der Waals surface area (Å²) in [5.41, 5.74) is 23.5. The van der Waals surface area contributed by atoms with Gasteiger partial charge in [-0.25, -0.2) is 0 Å². The fourth-order valence-corrected chi connectivity index (χ4v) is 20.6. The van der Waals surface area contributed by atoms with Gasteiger partial charge >= 0.3 is 0 Å². The number of nitrogens with zero attached hydrogens (tertiary/aromatic N) is 5. The maximum absolute atomic E-state index is 7.93. The number of thiophene rings is 3. The minimum absolute atomic E-state index is 0.218. The first-order valence-corrected chi connectivity index (χ1v) is 36.9. The van der Waals surface area contributed by atoms with E-state index in [2.05, 4.69) is 358 Å². The summed E-state index contributed by atoms with van der Waals surface area (Å²) in [5.74, 6) is 1.65. The molecule has 0 fully saturated rings. The van der Waals surface area contributed by atoms with E-state index in [0.29, 0.717) is 0 Å². The molecule has 4 aliphatic rings. The molecular weight excluding hydrogens is 1280 g/mol. The fourth-order valence-electron chi connectivity index (χ4n) is 17.1. The zero-order valence-electron chi connectivity index (χ0n) is 54.3. The third kappa shape index (κ3) is 8.46. The summed E-state index contributed by atoms with van der Waals surface area (Å²) in [6, 6.07) is 124. The molecule has 0 aliphatic carbocycles. The Labute approximate surface area is 596 Å². The van der Waals surface area contributed by atoms with E-state index in [1.807, 2.05) is 34.0 Å². The van der Waals surface area contributed by atoms with E-state index in [4.69, 9.17) is 4.74 Å². The van der Waals surface area contributed by atoms with Gasteiger partial charge in [0, 0.05) is 125 Å². The van der Waals surface area contributed by atoms with Crippen LogP contribution in [0.1, 0.15) is 0 Å². The van der Waals surface area contributed by atoms with Crippen molar-refractivity contribution in [1.29, 1.82) is 0 Å². The number of benzene rings is 15. The van der Waals surface area contributed by atoms with Crippen LogP contribution in [0.2, 0.25) is 0 Å². The summed E-state index contributed by atoms with van der Waals surface area (Å²) in [6.07, 6.45) is 0. The molecule has 15 aromatic carbocycles. The summed E-state index contributed by atoms with van der Waals surface area (Å²) >= 11 is 5.59. The van der Waals surface area contributed by atoms with Gasteiger partial charge in [0.15, 0.2) is 0 Å². The smallest absolute Gasteiger partial charge is 0.256 e. The summed E-state index contributed by atoms with van der Waals surface area (Å²) in [5, 5.41) is 7.50. The third-order valence-electron chi connectivity index (χ3n) is 21.2. The third-order valence-corrected chi connectivity index (χ3v) is 24.7. The monoisotopic (exact) mass is 1340 g/mol. The maximum atomic E-state index is 7.93. The van der Waals surface area contributed by atoms with Crippen molar-refractivity contribution in [2.75, 3.05) is 24.5 Å². The van der Waals surface area contributed by atoms with Crippen molar-refractivity contribution in [2.24, 2.45) is 0 Å². The van der Waals surface area contributed by atoms with Crippen molar-refractivity contribution in [3.63, 3.8) is 0 Å². The van der Waals surface area contributed by atoms with Gasteiger partial charge in [-0.05, 0) is 160 Å². The van der Waals surface area contributed by atoms with Gasteiger partial charge in [-0.1, -0.05) is 194 Å². The highest BCUT2D eigenvalue weighted by molar-refractivity contribution is 7.27. The lowest BCUT2D eigenvalue weighted by Gasteiger charge is -2.46. The molecule has 0 radical (unpaired) electrons. The van der Waals surface area contributed by atoms with Crippen molar-refractivity contribution in [3.8, 4) is 11.5 Å². The standard InChI is InChI=1S/C90H55B2N5OS3/c1-5-26-56(27-6-1)93(57-28-7-2-8-29-57)61-52-78-89-80(53-61)98-79-55-75-68(54-69(79)92(89)67-39-17-19-41-71(67)97(78)74-44-23-37-63-62-34-13-20-45-81(62)101-90(63)74)91-66-38-16-18-40-70(66)96(73-43-25-49-85-87(73)65-36-15-22-47-83(65)100-85)77-51-60(50-76(88(77)91)95(75)59-32-11-4-12-33-59)94(58-30-9-3-10-31-58)72-42-24-48-84-86(72)64-35-14-21-46-82(64)99-84/h1-55H. The molecule has 4 aliphatic heterocycles. The number of hydrogen-bond acceptors (Lipinski definition) is 9. The molecule has 0 atom stereocenters. The number of anilines is 15. The minimum atomic E-state index is -0.220. The van der Waals surface area contributed by atoms with Crippen LogP contribution in [0.25, 0.3) is 60.5 Å². The Morgan fingerprint density at radius 1 is 0.257 bits per heavy atom. The second kappa shape index (κ2) is 22.2. The molecule has 0 amide bonds. The normalized spacial score (nSPS) is 13.1. The lowest BCUT2D eigenvalue weighted by atomic mass is 9.30. The summed E-state index contributed by atoms with van der Waals surface area (Å²) in [7, 11) is 0. The van der Waals surface area contributed by atoms with Gasteiger partial charge in [-0.15, -0.1) is 34.0 Å². The number of ether oxygens (including phenoxy) is 1. The lowest BCUT2D eigenvalue weighted by molar-refractivity contribution is 0.488. The lowest BCUT2D eigenvalue weighted by Crippen LogP contribution is -2.64. The van der Waals surface area contributed by atoms with Crippen molar-refractivity contribution in [1.82, 2.24) is 0 Å². The zero-order chi connectivity index (χ0) is 66.0. The molecule has 7 heterocycles. The molecular formula is C90H55B2N5OS3. The molecule has 0 N–H and O–H groups in total. The SMILES string of the molecule is c1ccc(N(c2ccccc2)c2cc3c4c(c2)N(c2cccc5c2sc2ccccc25)c2ccccc2B4c2cc4c(cc2O3)N(c2ccccc2)c2cc(N(c3ccccc3)c3cccc5sc6ccccc6c35)cc3c2B4c2ccccc2N3c2cccc3sc4ccccc4c23)cc1. The molecule has 22 rings (SSSR count). The predicted octanol–water partition coefficient (Wildman–Crippen LogP) is 22.2. The summed E-state index contributed by atoms with van der Waals surface area (Å²) in [6.45, 7) is -0.438. The van der Waals surface area contributed by atoms with Crippen LogP contribution in [0.4, 0.5) is 85.3 Å². The van der Waals surface area contributed by atoms with Crippen LogP contribution in [-0.4, -0.2) is 13.4 Å². The molecule has 0 spiro atoms. The van der Waals surface area contributed by atoms with Crippen LogP contribution in [0.3, 0.4) is 0 Å². The van der Waals surface area contributed by atoms with Gasteiger partial charge in [-0.3, -0.25) is 0 Å². The van der Waals surface area contributed by atoms with Crippen LogP contribution in [0.5, 0.6) is 11.5 Å². The molecule has 0 saturated heterocycles. The highest BCUT2D eigenvalue weighted by Gasteiger charge is 2.49. The first-order chi connectivity index (χ1) is 50.1. The molecule has 11 heteroatoms. The Hall–Kier alpha value is -12.1. The first-order valence-electron chi connectivity index (χ1n) is 34.4. The Kier molecular flexibility index (Phi) is 12.5. The van der Waals surface area contributed by atoms with E-state index in [1.54, 1.807) is 0 Å². The zero-order valence-corrected chi connectivity index (χ0v) is 56.7. The van der Waals surface area contributed by atoms with E-state index in [1.165, 1.54) is 82.4 Å². The van der Waals surface area contributed by atoms with E-state index in [-0.39, 0.29) is 13.4 Å². The highest BCUT2D eigenvalue weighted by Crippen LogP contribution is 2.55. The average Bonchev–Trinajstić information content (AvgIpc) is 1.03. The summed E-state index contributed by atoms with van der Waals surface area (Å²) in [4.78, 5) is 12.6. The van der Waals surface area contributed by atoms with Crippen molar-refractivity contribution >= 4 is 226 Å². The molecule has 0 unspecified atom stereocenters. The van der Waals surface area contributed by atoms with Gasteiger partial charge in [0.05, 0.1) is 33.1 Å². The molecule has 18 aromatic rings. The van der Waals surface area contributed by atoms with Gasteiger partial charge in [0.2, 0.25) is 0 Å². The van der Waals surface area contributed by atoms with Crippen molar-refractivity contribution < 1.29 is 4.74 Å². The van der Waals surface area contributed by atoms with Gasteiger partial charge in [0.1, 0.15) is 11.5 Å². The molecule has 3 aromatic heterocycles. The Bertz CT molecular complexity index is 6420. The van der Waals surface area contributed by atoms with E-state index in [9.17, 15) is 0 Å². The van der Waals surface area contributed by atoms with Gasteiger partial charge < -0.3 is 29.2 Å². The van der Waals surface area contributed by atoms with E-state index in [0.717, 1.165) is 108 Å². The van der Waals surface area contributed by atoms with Crippen molar-refractivity contribution in [2.45, 2.75) is 0 Å². The van der Waals surface area contributed by atoms with Gasteiger partial charge in [-0.2, -0.15) is 0 Å². The fraction of sp³-hybridized carbons (Fsp3) is 0. The highest BCUT2D eigenvalue weighted by atomic mass is 32.1. The molecule has 0 saturated carbocycles. The Balaban J connectivity index is 0.835. The number of para-hydroxylation sites is 6. The second-order valence-electron chi connectivity index (χ2n) is 26.6. The summed E-state index contributed by atoms with van der Waals surface area (Å²) < 4.78 is 15.5. The molecule has 101 heavy (non-hydrogen) atoms. The van der Waals surface area contributed by atoms with Gasteiger partial charge in [0.25, 0.3) is 13.4 Å². The largest absolute Gasteiger partial charge is 0.458 e. The first kappa shape index (κ1) is 56.9. The number of hydrogen-bond donors (Lipinski definition) is 0. The molecule has 470 valence electrons. The van der Waals surface area contributed by atoms with E-state index < -0.39 is 0 Å². The number of rotatable bonds is 9. The average molecular weight is 1340 g/mol. The predicted molar refractivity (Wildman–Crippen MR) is 434 cm³/mol. The second-order valence-corrected chi connectivity index (χ2v) is 29.8. The molecule has 6 nitrogen and oxygen atoms in total. The van der Waals surface area contributed by atoms with Crippen LogP contribution in [0, 0.1) is 0 Å². The van der Waals surface area contributed by atoms with Crippen LogP contribution < -0.4 is 62.0 Å². The topological polar surface area (TPSA) is 25.4 Å². The van der Waals surface area contributed by atoms with Crippen LogP contribution in [0.15, 0.2) is 334 Å². The minimum Gasteiger partial charge on any atom is -0.458 e. The van der Waals surface area contributed by atoms with Crippen LogP contribution >= 0.6 is 34.0 Å².